The van der Waals surface area contributed by atoms with E-state index >= 15 is 0 Å². The normalized spacial score (nSPS) is 18.6. The topological polar surface area (TPSA) is 29.5 Å². The first-order chi connectivity index (χ1) is 7.72. The molecular formula is C12H17GeNO2. The van der Waals surface area contributed by atoms with E-state index in [9.17, 15) is 4.79 Å². The van der Waals surface area contributed by atoms with Gasteiger partial charge >= 0.3 is 99.1 Å². The number of carbonyl (C=O) groups excluding carboxylic acids is 1. The molecule has 16 heavy (non-hydrogen) atoms. The van der Waals surface area contributed by atoms with Gasteiger partial charge in [0.05, 0.1) is 0 Å². The molecule has 86 valence electrons. The van der Waals surface area contributed by atoms with Crippen molar-refractivity contribution in [3.63, 3.8) is 0 Å². The first kappa shape index (κ1) is 11.5. The van der Waals surface area contributed by atoms with Crippen LogP contribution in [0.2, 0.25) is 10.5 Å². The molecule has 1 aliphatic heterocycles. The molecule has 2 rings (SSSR count). The molecule has 1 heterocycles. The number of nitrogens with zero attached hydrogens (tertiary/aromatic N) is 1. The monoisotopic (exact) mass is 281 g/mol. The van der Waals surface area contributed by atoms with Gasteiger partial charge in [-0.2, -0.15) is 0 Å². The Balaban J connectivity index is 2.36. The van der Waals surface area contributed by atoms with Crippen LogP contribution >= 0.6 is 0 Å². The van der Waals surface area contributed by atoms with E-state index in [2.05, 4.69) is 29.8 Å². The summed E-state index contributed by atoms with van der Waals surface area (Å²) in [6, 6.07) is 10.1. The molecule has 1 aromatic carbocycles. The third-order valence-electron chi connectivity index (χ3n) is 3.26. The Labute approximate surface area is 99.3 Å². The van der Waals surface area contributed by atoms with E-state index in [1.54, 1.807) is 0 Å². The number of rotatable bonds is 3. The number of hydrogen-bond acceptors (Lipinski definition) is 3. The second kappa shape index (κ2) is 4.49. The van der Waals surface area contributed by atoms with Gasteiger partial charge in [-0.15, -0.1) is 0 Å². The molecule has 1 saturated heterocycles. The van der Waals surface area contributed by atoms with Crippen molar-refractivity contribution in [2.75, 3.05) is 10.4 Å². The zero-order valence-corrected chi connectivity index (χ0v) is 11.9. The van der Waals surface area contributed by atoms with Gasteiger partial charge in [0.25, 0.3) is 0 Å². The van der Waals surface area contributed by atoms with Gasteiger partial charge in [0.15, 0.2) is 0 Å². The molecule has 1 fully saturated rings. The summed E-state index contributed by atoms with van der Waals surface area (Å²) in [6.45, 7) is 4.71. The van der Waals surface area contributed by atoms with Crippen molar-refractivity contribution in [2.24, 2.45) is 0 Å². The van der Waals surface area contributed by atoms with Gasteiger partial charge < -0.3 is 0 Å². The second-order valence-electron chi connectivity index (χ2n) is 4.05. The fraction of sp³-hybridized carbons (Fsp3) is 0.417. The Morgan fingerprint density at radius 3 is 2.44 bits per heavy atom. The Kier molecular flexibility index (Phi) is 3.23. The molecule has 0 spiro atoms. The van der Waals surface area contributed by atoms with Crippen molar-refractivity contribution in [1.82, 2.24) is 0 Å². The summed E-state index contributed by atoms with van der Waals surface area (Å²) in [6.07, 6.45) is 0. The van der Waals surface area contributed by atoms with Crippen LogP contribution in [0.5, 0.6) is 0 Å². The number of para-hydroxylation sites is 1. The Bertz CT molecular complexity index is 376. The van der Waals surface area contributed by atoms with E-state index in [4.69, 9.17) is 3.76 Å². The number of anilines is 1. The predicted octanol–water partition coefficient (Wildman–Crippen LogP) is 2.53. The molecule has 0 unspecified atom stereocenters. The second-order valence-corrected chi connectivity index (χ2v) is 12.5. The zero-order valence-electron chi connectivity index (χ0n) is 9.77. The van der Waals surface area contributed by atoms with Crippen molar-refractivity contribution >= 4 is 25.5 Å². The summed E-state index contributed by atoms with van der Waals surface area (Å²) >= 11 is -2.58. The molecule has 0 bridgehead atoms. The van der Waals surface area contributed by atoms with Gasteiger partial charge in [0, 0.05) is 0 Å². The molecule has 0 aromatic heterocycles. The van der Waals surface area contributed by atoms with Crippen molar-refractivity contribution < 1.29 is 8.56 Å². The quantitative estimate of drug-likeness (QED) is 0.797. The van der Waals surface area contributed by atoms with E-state index < -0.39 is 13.8 Å². The van der Waals surface area contributed by atoms with Crippen LogP contribution in [0.4, 0.5) is 5.69 Å². The third kappa shape index (κ3) is 1.84. The minimum atomic E-state index is -2.58. The van der Waals surface area contributed by atoms with Crippen molar-refractivity contribution in [1.29, 1.82) is 0 Å². The summed E-state index contributed by atoms with van der Waals surface area (Å²) < 4.78 is 7.94. The van der Waals surface area contributed by atoms with E-state index in [1.807, 2.05) is 18.2 Å². The van der Waals surface area contributed by atoms with Crippen molar-refractivity contribution in [3.05, 3.63) is 30.3 Å². The van der Waals surface area contributed by atoms with Crippen molar-refractivity contribution in [2.45, 2.75) is 24.4 Å². The first-order valence-electron chi connectivity index (χ1n) is 5.76. The molecule has 1 aliphatic rings. The molecule has 3 nitrogen and oxygen atoms in total. The van der Waals surface area contributed by atoms with E-state index in [0.29, 0.717) is 6.54 Å². The van der Waals surface area contributed by atoms with Crippen LogP contribution in [0.15, 0.2) is 30.3 Å². The maximum atomic E-state index is 11.5. The molecule has 0 atom stereocenters. The molecule has 0 radical (unpaired) electrons. The fourth-order valence-corrected chi connectivity index (χ4v) is 8.97. The van der Waals surface area contributed by atoms with Crippen LogP contribution in [-0.2, 0) is 8.56 Å². The third-order valence-corrected chi connectivity index (χ3v) is 12.1. The van der Waals surface area contributed by atoms with Crippen LogP contribution in [0.25, 0.3) is 0 Å². The van der Waals surface area contributed by atoms with E-state index in [-0.39, 0.29) is 5.97 Å². The SMILES string of the molecule is C[CH2][Ge]1([CH2]C)[O]C(=O)C[N]1c1ccccc1. The van der Waals surface area contributed by atoms with Crippen LogP contribution in [0.1, 0.15) is 13.8 Å². The van der Waals surface area contributed by atoms with Gasteiger partial charge in [-0.1, -0.05) is 0 Å². The minimum absolute atomic E-state index is 0.0486. The summed E-state index contributed by atoms with van der Waals surface area (Å²) in [5.41, 5.74) is 1.14. The average molecular weight is 280 g/mol. The molecule has 0 aliphatic carbocycles. The molecule has 0 N–H and O–H groups in total. The average Bonchev–Trinajstić information content (AvgIpc) is 2.68. The molecule has 1 aromatic rings. The van der Waals surface area contributed by atoms with Crippen molar-refractivity contribution in [3.8, 4) is 0 Å². The Morgan fingerprint density at radius 2 is 1.88 bits per heavy atom. The Hall–Kier alpha value is -0.967. The van der Waals surface area contributed by atoms with Crippen LogP contribution < -0.4 is 3.86 Å². The fourth-order valence-electron chi connectivity index (χ4n) is 2.28. The molecule has 4 heteroatoms. The molecule has 0 amide bonds. The summed E-state index contributed by atoms with van der Waals surface area (Å²) in [5.74, 6) is -0.0486. The van der Waals surface area contributed by atoms with Crippen LogP contribution in [0, 0.1) is 0 Å². The van der Waals surface area contributed by atoms with Crippen LogP contribution in [-0.4, -0.2) is 26.3 Å². The van der Waals surface area contributed by atoms with Gasteiger partial charge in [-0.25, -0.2) is 0 Å². The van der Waals surface area contributed by atoms with E-state index in [1.165, 1.54) is 0 Å². The first-order valence-corrected chi connectivity index (χ1v) is 10.5. The van der Waals surface area contributed by atoms with Gasteiger partial charge in [-0.3, -0.25) is 0 Å². The van der Waals surface area contributed by atoms with Gasteiger partial charge in [0.1, 0.15) is 0 Å². The number of benzene rings is 1. The van der Waals surface area contributed by atoms with E-state index in [0.717, 1.165) is 16.2 Å². The molecule has 0 saturated carbocycles. The zero-order chi connectivity index (χ0) is 11.6. The standard InChI is InChI=1S/C12H17GeNO2/c1-3-13(4-2)14(10-12(15)16-13)11-8-6-5-7-9-11/h5-9H,3-4,10H2,1-2H3. The van der Waals surface area contributed by atoms with Crippen LogP contribution in [0.3, 0.4) is 0 Å². The van der Waals surface area contributed by atoms with Gasteiger partial charge in [-0.05, 0) is 0 Å². The molecular weight excluding hydrogens is 263 g/mol. The predicted molar refractivity (Wildman–Crippen MR) is 66.6 cm³/mol. The van der Waals surface area contributed by atoms with Gasteiger partial charge in [0.2, 0.25) is 0 Å². The summed E-state index contributed by atoms with van der Waals surface area (Å²) in [5, 5.41) is 1.99. The Morgan fingerprint density at radius 1 is 1.25 bits per heavy atom. The number of carbonyl (C=O) groups is 1. The summed E-state index contributed by atoms with van der Waals surface area (Å²) in [7, 11) is 0. The maximum absolute atomic E-state index is 11.5. The summed E-state index contributed by atoms with van der Waals surface area (Å²) in [4.78, 5) is 11.5. The number of hydrogen-bond donors (Lipinski definition) is 0.